The van der Waals surface area contributed by atoms with Crippen molar-refractivity contribution < 1.29 is 14.0 Å². The maximum atomic E-state index is 12.0. The zero-order chi connectivity index (χ0) is 20.0. The second-order valence-electron chi connectivity index (χ2n) is 8.33. The van der Waals surface area contributed by atoms with Crippen LogP contribution in [0.5, 0.6) is 0 Å². The summed E-state index contributed by atoms with van der Waals surface area (Å²) < 4.78 is 12.6. The first kappa shape index (κ1) is 20.6. The molecule has 0 aliphatic carbocycles. The number of hydrogen-bond acceptors (Lipinski definition) is 3. The lowest BCUT2D eigenvalue weighted by atomic mass is 10.2. The lowest BCUT2D eigenvalue weighted by Gasteiger charge is -2.43. The molecule has 0 radical (unpaired) electrons. The summed E-state index contributed by atoms with van der Waals surface area (Å²) in [5.74, 6) is -0.139. The van der Waals surface area contributed by atoms with E-state index in [1.54, 1.807) is 0 Å². The number of allylic oxidation sites excluding steroid dienone is 1. The highest BCUT2D eigenvalue weighted by Gasteiger charge is 2.50. The van der Waals surface area contributed by atoms with Crippen LogP contribution in [0.1, 0.15) is 40.0 Å². The normalized spacial score (nSPS) is 19.4. The Morgan fingerprint density at radius 3 is 2.07 bits per heavy atom. The first-order valence-electron chi connectivity index (χ1n) is 10.0. The van der Waals surface area contributed by atoms with Crippen molar-refractivity contribution in [1.82, 2.24) is 0 Å². The second-order valence-corrected chi connectivity index (χ2v) is 12.6. The van der Waals surface area contributed by atoms with E-state index in [-0.39, 0.29) is 17.1 Å². The van der Waals surface area contributed by atoms with Crippen molar-refractivity contribution in [2.75, 3.05) is 6.61 Å². The summed E-state index contributed by atoms with van der Waals surface area (Å²) in [4.78, 5) is 12.0. The molecule has 0 saturated carbocycles. The Hall–Kier alpha value is -2.17. The summed E-state index contributed by atoms with van der Waals surface area (Å²) in [6.07, 6.45) is 5.81. The van der Waals surface area contributed by atoms with Crippen LogP contribution >= 0.6 is 0 Å². The Bertz CT molecular complexity index is 754. The third-order valence-corrected chi connectivity index (χ3v) is 10.3. The van der Waals surface area contributed by atoms with Crippen LogP contribution in [0.4, 0.5) is 0 Å². The summed E-state index contributed by atoms with van der Waals surface area (Å²) in [6, 6.07) is 21.1. The number of carbonyl (C=O) groups excluding carboxylic acids is 1. The van der Waals surface area contributed by atoms with Gasteiger partial charge < -0.3 is 9.16 Å². The Morgan fingerprint density at radius 1 is 0.964 bits per heavy atom. The highest BCUT2D eigenvalue weighted by Crippen LogP contribution is 2.37. The van der Waals surface area contributed by atoms with Gasteiger partial charge in [0.15, 0.2) is 0 Å². The van der Waals surface area contributed by atoms with Gasteiger partial charge in [-0.1, -0.05) is 93.6 Å². The predicted molar refractivity (Wildman–Crippen MR) is 116 cm³/mol. The van der Waals surface area contributed by atoms with E-state index in [0.717, 1.165) is 6.42 Å². The number of ether oxygens (including phenoxy) is 1. The van der Waals surface area contributed by atoms with Crippen LogP contribution < -0.4 is 10.4 Å². The minimum absolute atomic E-state index is 0.0861. The van der Waals surface area contributed by atoms with E-state index in [9.17, 15) is 4.79 Å². The highest BCUT2D eigenvalue weighted by atomic mass is 28.4. The first-order chi connectivity index (χ1) is 13.4. The summed E-state index contributed by atoms with van der Waals surface area (Å²) in [5.41, 5.74) is 0. The summed E-state index contributed by atoms with van der Waals surface area (Å²) in [5, 5.41) is 2.39. The smallest absolute Gasteiger partial charge is 0.306 e. The molecule has 0 spiro atoms. The van der Waals surface area contributed by atoms with Gasteiger partial charge in [-0.25, -0.2) is 0 Å². The summed E-state index contributed by atoms with van der Waals surface area (Å²) in [6.45, 7) is 7.17. The van der Waals surface area contributed by atoms with Crippen molar-refractivity contribution in [3.63, 3.8) is 0 Å². The van der Waals surface area contributed by atoms with Gasteiger partial charge in [-0.05, 0) is 21.8 Å². The zero-order valence-corrected chi connectivity index (χ0v) is 18.1. The summed E-state index contributed by atoms with van der Waals surface area (Å²) >= 11 is 0. The van der Waals surface area contributed by atoms with Crippen molar-refractivity contribution in [3.8, 4) is 0 Å². The van der Waals surface area contributed by atoms with Gasteiger partial charge in [-0.3, -0.25) is 4.79 Å². The van der Waals surface area contributed by atoms with Gasteiger partial charge >= 0.3 is 5.97 Å². The molecule has 0 amide bonds. The fourth-order valence-corrected chi connectivity index (χ4v) is 8.53. The molecule has 0 aromatic heterocycles. The Kier molecular flexibility index (Phi) is 6.52. The van der Waals surface area contributed by atoms with Crippen LogP contribution in [-0.4, -0.2) is 27.0 Å². The zero-order valence-electron chi connectivity index (χ0n) is 17.1. The van der Waals surface area contributed by atoms with Crippen molar-refractivity contribution in [3.05, 3.63) is 72.8 Å². The van der Waals surface area contributed by atoms with E-state index in [4.69, 9.17) is 9.16 Å². The van der Waals surface area contributed by atoms with Crippen molar-refractivity contribution >= 4 is 24.7 Å². The SMILES string of the molecule is CC(C)(C)[Si](OCC1C/C=C\CCC(=O)O1)(c1ccccc1)c1ccccc1. The van der Waals surface area contributed by atoms with Crippen molar-refractivity contribution in [2.24, 2.45) is 0 Å². The van der Waals surface area contributed by atoms with E-state index >= 15 is 0 Å². The molecule has 3 nitrogen and oxygen atoms in total. The quantitative estimate of drug-likeness (QED) is 0.433. The number of rotatable bonds is 5. The van der Waals surface area contributed by atoms with E-state index in [1.165, 1.54) is 10.4 Å². The third kappa shape index (κ3) is 4.45. The fourth-order valence-electron chi connectivity index (χ4n) is 3.94. The van der Waals surface area contributed by atoms with E-state index in [1.807, 2.05) is 12.1 Å². The average Bonchev–Trinajstić information content (AvgIpc) is 2.66. The van der Waals surface area contributed by atoms with E-state index in [0.29, 0.717) is 19.4 Å². The average molecular weight is 395 g/mol. The van der Waals surface area contributed by atoms with Gasteiger partial charge in [0, 0.05) is 12.8 Å². The van der Waals surface area contributed by atoms with Crippen LogP contribution in [0.25, 0.3) is 0 Å². The molecule has 4 heteroatoms. The number of esters is 1. The fraction of sp³-hybridized carbons (Fsp3) is 0.375. The molecule has 148 valence electrons. The number of cyclic esters (lactones) is 1. The molecular formula is C24H30O3Si. The lowest BCUT2D eigenvalue weighted by molar-refractivity contribution is -0.150. The van der Waals surface area contributed by atoms with Crippen LogP contribution in [-0.2, 0) is 14.0 Å². The molecule has 0 N–H and O–H groups in total. The number of benzene rings is 2. The first-order valence-corrected chi connectivity index (χ1v) is 11.9. The number of carbonyl (C=O) groups is 1. The van der Waals surface area contributed by atoms with Crippen molar-refractivity contribution in [1.29, 1.82) is 0 Å². The molecule has 3 rings (SSSR count). The van der Waals surface area contributed by atoms with Crippen molar-refractivity contribution in [2.45, 2.75) is 51.2 Å². The largest absolute Gasteiger partial charge is 0.460 e. The van der Waals surface area contributed by atoms with Gasteiger partial charge in [0.05, 0.1) is 6.61 Å². The third-order valence-electron chi connectivity index (χ3n) is 5.28. The van der Waals surface area contributed by atoms with Crippen LogP contribution in [0.2, 0.25) is 5.04 Å². The highest BCUT2D eigenvalue weighted by molar-refractivity contribution is 6.99. The molecule has 0 fully saturated rings. The topological polar surface area (TPSA) is 35.5 Å². The second kappa shape index (κ2) is 8.89. The maximum Gasteiger partial charge on any atom is 0.306 e. The van der Waals surface area contributed by atoms with Gasteiger partial charge in [0.1, 0.15) is 6.10 Å². The van der Waals surface area contributed by atoms with Crippen LogP contribution in [0.15, 0.2) is 72.8 Å². The molecule has 28 heavy (non-hydrogen) atoms. The molecule has 1 heterocycles. The number of hydrogen-bond donors (Lipinski definition) is 0. The molecule has 1 aliphatic heterocycles. The maximum absolute atomic E-state index is 12.0. The van der Waals surface area contributed by atoms with Crippen LogP contribution in [0, 0.1) is 0 Å². The summed E-state index contributed by atoms with van der Waals surface area (Å²) in [7, 11) is -2.60. The minimum atomic E-state index is -2.60. The molecular weight excluding hydrogens is 364 g/mol. The molecule has 0 bridgehead atoms. The van der Waals surface area contributed by atoms with E-state index in [2.05, 4.69) is 81.5 Å². The molecule has 1 atom stereocenters. The molecule has 1 unspecified atom stereocenters. The Labute approximate surface area is 169 Å². The molecule has 2 aromatic carbocycles. The standard InChI is InChI=1S/C24H30O3Si/c1-24(2,3)28(21-14-8-5-9-15-21,22-16-10-6-11-17-22)26-19-20-13-7-4-12-18-23(25)27-20/h4-11,14-17,20H,12-13,18-19H2,1-3H3/b7-4-. The monoisotopic (exact) mass is 394 g/mol. The molecule has 0 saturated heterocycles. The van der Waals surface area contributed by atoms with Gasteiger partial charge in [-0.2, -0.15) is 0 Å². The van der Waals surface area contributed by atoms with E-state index < -0.39 is 8.32 Å². The van der Waals surface area contributed by atoms with Gasteiger partial charge in [0.2, 0.25) is 0 Å². The predicted octanol–water partition coefficient (Wildman–Crippen LogP) is 4.21. The molecule has 1 aliphatic rings. The van der Waals surface area contributed by atoms with Gasteiger partial charge in [-0.15, -0.1) is 0 Å². The van der Waals surface area contributed by atoms with Gasteiger partial charge in [0.25, 0.3) is 8.32 Å². The lowest BCUT2D eigenvalue weighted by Crippen LogP contribution is -2.67. The Balaban J connectivity index is 2.00. The molecule has 2 aromatic rings. The Morgan fingerprint density at radius 2 is 1.54 bits per heavy atom. The van der Waals surface area contributed by atoms with Crippen LogP contribution in [0.3, 0.4) is 0 Å². The minimum Gasteiger partial charge on any atom is -0.460 e.